The molecule has 4 nitrogen and oxygen atoms in total. The van der Waals surface area contributed by atoms with E-state index in [2.05, 4.69) is 19.2 Å². The van der Waals surface area contributed by atoms with Crippen LogP contribution in [0.25, 0.3) is 0 Å². The Morgan fingerprint density at radius 3 is 2.27 bits per heavy atom. The fourth-order valence-electron chi connectivity index (χ4n) is 3.90. The number of carbonyl (C=O) groups is 2. The molecule has 0 heterocycles. The number of halogens is 2. The third-order valence-electron chi connectivity index (χ3n) is 5.81. The van der Waals surface area contributed by atoms with Crippen LogP contribution in [-0.2, 0) is 22.6 Å². The van der Waals surface area contributed by atoms with Crippen LogP contribution in [0.15, 0.2) is 83.8 Å². The molecule has 0 unspecified atom stereocenters. The third-order valence-corrected chi connectivity index (χ3v) is 7.40. The summed E-state index contributed by atoms with van der Waals surface area (Å²) < 4.78 is 0. The molecule has 3 aromatic rings. The molecular formula is C30H34Cl2N2O2S. The predicted octanol–water partition coefficient (Wildman–Crippen LogP) is 7.28. The largest absolute Gasteiger partial charge is 0.354 e. The molecule has 1 N–H and O–H groups in total. The van der Waals surface area contributed by atoms with Crippen LogP contribution in [0, 0.1) is 5.92 Å². The van der Waals surface area contributed by atoms with Crippen molar-refractivity contribution in [2.24, 2.45) is 5.92 Å². The van der Waals surface area contributed by atoms with E-state index in [4.69, 9.17) is 23.2 Å². The van der Waals surface area contributed by atoms with Crippen LogP contribution in [0.4, 0.5) is 0 Å². The van der Waals surface area contributed by atoms with Crippen LogP contribution in [0.1, 0.15) is 37.8 Å². The minimum Gasteiger partial charge on any atom is -0.354 e. The molecule has 0 aliphatic rings. The molecule has 0 fully saturated rings. The number of thioether (sulfide) groups is 1. The van der Waals surface area contributed by atoms with Gasteiger partial charge in [-0.3, -0.25) is 9.59 Å². The summed E-state index contributed by atoms with van der Waals surface area (Å²) in [6.45, 7) is 4.98. The summed E-state index contributed by atoms with van der Waals surface area (Å²) in [6, 6.07) is 24.4. The van der Waals surface area contributed by atoms with Crippen molar-refractivity contribution in [2.45, 2.75) is 50.6 Å². The lowest BCUT2D eigenvalue weighted by atomic mass is 10.0. The van der Waals surface area contributed by atoms with Crippen molar-refractivity contribution in [1.29, 1.82) is 0 Å². The quantitative estimate of drug-likeness (QED) is 0.178. The maximum atomic E-state index is 13.6. The number of hydrogen-bond acceptors (Lipinski definition) is 3. The zero-order chi connectivity index (χ0) is 26.6. The maximum absolute atomic E-state index is 13.6. The van der Waals surface area contributed by atoms with Crippen molar-refractivity contribution >= 4 is 46.8 Å². The van der Waals surface area contributed by atoms with Gasteiger partial charge in [0, 0.05) is 40.9 Å². The first-order valence-corrected chi connectivity index (χ1v) is 14.3. The molecule has 2 amide bonds. The van der Waals surface area contributed by atoms with Crippen LogP contribution >= 0.6 is 35.0 Å². The number of nitrogens with one attached hydrogen (secondary N) is 1. The van der Waals surface area contributed by atoms with E-state index in [9.17, 15) is 9.59 Å². The summed E-state index contributed by atoms with van der Waals surface area (Å²) in [4.78, 5) is 29.9. The molecule has 0 aliphatic carbocycles. The Balaban J connectivity index is 1.78. The molecule has 0 spiro atoms. The number of nitrogens with zero attached hydrogens (tertiary/aromatic N) is 1. The molecule has 37 heavy (non-hydrogen) atoms. The molecule has 3 aromatic carbocycles. The fourth-order valence-corrected chi connectivity index (χ4v) is 5.09. The molecule has 0 aromatic heterocycles. The van der Waals surface area contributed by atoms with E-state index in [-0.39, 0.29) is 11.8 Å². The van der Waals surface area contributed by atoms with Gasteiger partial charge < -0.3 is 10.2 Å². The monoisotopic (exact) mass is 556 g/mol. The Kier molecular flexibility index (Phi) is 11.8. The summed E-state index contributed by atoms with van der Waals surface area (Å²) >= 11 is 13.9. The summed E-state index contributed by atoms with van der Waals surface area (Å²) in [5.41, 5.74) is 1.90. The second-order valence-corrected chi connectivity index (χ2v) is 11.4. The van der Waals surface area contributed by atoms with Gasteiger partial charge in [-0.05, 0) is 65.6 Å². The van der Waals surface area contributed by atoms with E-state index in [1.54, 1.807) is 16.7 Å². The number of amides is 2. The van der Waals surface area contributed by atoms with E-state index in [0.717, 1.165) is 21.8 Å². The molecule has 0 aliphatic heterocycles. The van der Waals surface area contributed by atoms with Crippen LogP contribution in [0.3, 0.4) is 0 Å². The number of hydrogen-bond donors (Lipinski definition) is 1. The Labute approximate surface area is 234 Å². The average Bonchev–Trinajstić information content (AvgIpc) is 2.88. The molecule has 196 valence electrons. The first kappa shape index (κ1) is 29.1. The molecule has 3 rings (SSSR count). The topological polar surface area (TPSA) is 49.4 Å². The minimum atomic E-state index is -0.628. The number of benzene rings is 3. The van der Waals surface area contributed by atoms with Crippen molar-refractivity contribution in [3.05, 3.63) is 100 Å². The lowest BCUT2D eigenvalue weighted by Gasteiger charge is -2.32. The lowest BCUT2D eigenvalue weighted by Crippen LogP contribution is -2.51. The maximum Gasteiger partial charge on any atom is 0.243 e. The van der Waals surface area contributed by atoms with Gasteiger partial charge in [-0.15, -0.1) is 11.8 Å². The van der Waals surface area contributed by atoms with E-state index >= 15 is 0 Å². The van der Waals surface area contributed by atoms with Crippen molar-refractivity contribution in [2.75, 3.05) is 12.3 Å². The molecular weight excluding hydrogens is 523 g/mol. The normalized spacial score (nSPS) is 11.8. The summed E-state index contributed by atoms with van der Waals surface area (Å²) in [6.07, 6.45) is 1.49. The third kappa shape index (κ3) is 10.1. The first-order chi connectivity index (χ1) is 17.8. The van der Waals surface area contributed by atoms with Gasteiger partial charge in [-0.25, -0.2) is 0 Å². The Bertz CT molecular complexity index is 1140. The van der Waals surface area contributed by atoms with Crippen LogP contribution in [-0.4, -0.2) is 35.1 Å². The van der Waals surface area contributed by atoms with Crippen LogP contribution < -0.4 is 5.32 Å². The SMILES string of the molecule is CC(C)CNC(=O)[C@H](Cc1ccccc1)N(Cc1cccc(Cl)c1)C(=O)CCCSc1ccc(Cl)cc1. The molecule has 7 heteroatoms. The Hall–Kier alpha value is -2.47. The predicted molar refractivity (Wildman–Crippen MR) is 155 cm³/mol. The van der Waals surface area contributed by atoms with E-state index < -0.39 is 6.04 Å². The van der Waals surface area contributed by atoms with E-state index in [1.807, 2.05) is 78.9 Å². The molecule has 0 saturated heterocycles. The zero-order valence-electron chi connectivity index (χ0n) is 21.3. The molecule has 0 saturated carbocycles. The Morgan fingerprint density at radius 2 is 1.59 bits per heavy atom. The van der Waals surface area contributed by atoms with Gasteiger partial charge in [0.2, 0.25) is 11.8 Å². The van der Waals surface area contributed by atoms with Crippen molar-refractivity contribution in [3.8, 4) is 0 Å². The van der Waals surface area contributed by atoms with Gasteiger partial charge in [0.05, 0.1) is 0 Å². The van der Waals surface area contributed by atoms with Crippen molar-refractivity contribution in [3.63, 3.8) is 0 Å². The standard InChI is InChI=1S/C30H34Cl2N2O2S/c1-22(2)20-33-30(36)28(19-23-8-4-3-5-9-23)34(21-24-10-6-11-26(32)18-24)29(35)12-7-17-37-27-15-13-25(31)14-16-27/h3-6,8-11,13-16,18,22,28H,7,12,17,19-21H2,1-2H3,(H,33,36)/t28-/m0/s1. The van der Waals surface area contributed by atoms with Crippen LogP contribution in [0.5, 0.6) is 0 Å². The van der Waals surface area contributed by atoms with Gasteiger partial charge >= 0.3 is 0 Å². The highest BCUT2D eigenvalue weighted by Gasteiger charge is 2.30. The molecule has 0 bridgehead atoms. The fraction of sp³-hybridized carbons (Fsp3) is 0.333. The molecule has 0 radical (unpaired) electrons. The van der Waals surface area contributed by atoms with Gasteiger partial charge in [-0.2, -0.15) is 0 Å². The lowest BCUT2D eigenvalue weighted by molar-refractivity contribution is -0.141. The first-order valence-electron chi connectivity index (χ1n) is 12.6. The Morgan fingerprint density at radius 1 is 0.892 bits per heavy atom. The highest BCUT2D eigenvalue weighted by molar-refractivity contribution is 7.99. The summed E-state index contributed by atoms with van der Waals surface area (Å²) in [7, 11) is 0. The highest BCUT2D eigenvalue weighted by atomic mass is 35.5. The highest BCUT2D eigenvalue weighted by Crippen LogP contribution is 2.23. The minimum absolute atomic E-state index is 0.0442. The van der Waals surface area contributed by atoms with Crippen molar-refractivity contribution in [1.82, 2.24) is 10.2 Å². The summed E-state index contributed by atoms with van der Waals surface area (Å²) in [5.74, 6) is 0.922. The second kappa shape index (κ2) is 15.1. The van der Waals surface area contributed by atoms with Gasteiger partial charge in [-0.1, -0.05) is 79.5 Å². The smallest absolute Gasteiger partial charge is 0.243 e. The zero-order valence-corrected chi connectivity index (χ0v) is 23.7. The molecule has 1 atom stereocenters. The number of rotatable bonds is 13. The summed E-state index contributed by atoms with van der Waals surface area (Å²) in [5, 5.41) is 4.36. The van der Waals surface area contributed by atoms with Gasteiger partial charge in [0.15, 0.2) is 0 Å². The van der Waals surface area contributed by atoms with Gasteiger partial charge in [0.25, 0.3) is 0 Å². The average molecular weight is 558 g/mol. The van der Waals surface area contributed by atoms with Gasteiger partial charge in [0.1, 0.15) is 6.04 Å². The van der Waals surface area contributed by atoms with E-state index in [1.165, 1.54) is 0 Å². The van der Waals surface area contributed by atoms with E-state index in [0.29, 0.717) is 48.3 Å². The van der Waals surface area contributed by atoms with Crippen LogP contribution in [0.2, 0.25) is 10.0 Å². The second-order valence-electron chi connectivity index (χ2n) is 9.40. The van der Waals surface area contributed by atoms with Crippen molar-refractivity contribution < 1.29 is 9.59 Å². The number of carbonyl (C=O) groups excluding carboxylic acids is 2.